The van der Waals surface area contributed by atoms with Crippen molar-refractivity contribution in [3.05, 3.63) is 131 Å². The summed E-state index contributed by atoms with van der Waals surface area (Å²) in [7, 11) is -3.98. The number of amidine groups is 1. The molecule has 0 aliphatic carbocycles. The van der Waals surface area contributed by atoms with Gasteiger partial charge in [-0.15, -0.1) is 5.10 Å². The van der Waals surface area contributed by atoms with E-state index in [9.17, 15) is 13.2 Å². The van der Waals surface area contributed by atoms with Gasteiger partial charge in [0.2, 0.25) is 5.89 Å². The van der Waals surface area contributed by atoms with Crippen molar-refractivity contribution in [1.82, 2.24) is 14.7 Å². The van der Waals surface area contributed by atoms with Crippen LogP contribution >= 0.6 is 12.2 Å². The van der Waals surface area contributed by atoms with E-state index in [-0.39, 0.29) is 27.1 Å². The Labute approximate surface area is 282 Å². The number of aromatic nitrogens is 2. The summed E-state index contributed by atoms with van der Waals surface area (Å²) in [5.41, 5.74) is 2.95. The van der Waals surface area contributed by atoms with Gasteiger partial charge in [0.1, 0.15) is 22.2 Å². The summed E-state index contributed by atoms with van der Waals surface area (Å²) in [6, 6.07) is 31.0. The number of aliphatic imine (C=N–C) groups is 1. The van der Waals surface area contributed by atoms with Crippen molar-refractivity contribution in [2.24, 2.45) is 4.99 Å². The van der Waals surface area contributed by atoms with Crippen LogP contribution in [0.25, 0.3) is 17.5 Å². The molecule has 0 atom stereocenters. The highest BCUT2D eigenvalue weighted by molar-refractivity contribution is 7.87. The number of amides is 1. The molecule has 11 nitrogen and oxygen atoms in total. The average Bonchev–Trinajstić information content (AvgIpc) is 3.65. The maximum atomic E-state index is 13.9. The molecule has 4 aromatic carbocycles. The Balaban J connectivity index is 1.13. The van der Waals surface area contributed by atoms with Gasteiger partial charge >= 0.3 is 10.1 Å². The third kappa shape index (κ3) is 6.75. The topological polar surface area (TPSA) is 119 Å². The summed E-state index contributed by atoms with van der Waals surface area (Å²) < 4.78 is 43.4. The molecule has 1 fully saturated rings. The van der Waals surface area contributed by atoms with Crippen LogP contribution in [-0.4, -0.2) is 61.1 Å². The van der Waals surface area contributed by atoms with Gasteiger partial charge in [0.05, 0.1) is 25.6 Å². The number of benzene rings is 4. The summed E-state index contributed by atoms with van der Waals surface area (Å²) in [6.45, 7) is 3.44. The van der Waals surface area contributed by atoms with E-state index in [1.807, 2.05) is 54.6 Å². The average molecular weight is 680 g/mol. The van der Waals surface area contributed by atoms with Gasteiger partial charge in [-0.25, -0.2) is 9.67 Å². The van der Waals surface area contributed by atoms with Crippen molar-refractivity contribution < 1.29 is 26.5 Å². The lowest BCUT2D eigenvalue weighted by atomic mass is 10.1. The number of hydrogen-bond donors (Lipinski definition) is 0. The smallest absolute Gasteiger partial charge is 0.339 e. The zero-order valence-electron chi connectivity index (χ0n) is 25.5. The molecular weight excluding hydrogens is 651 g/mol. The van der Waals surface area contributed by atoms with E-state index in [0.29, 0.717) is 48.4 Å². The molecule has 2 aliphatic rings. The molecule has 13 heteroatoms. The number of ether oxygens (including phenoxy) is 1. The molecule has 0 saturated carbocycles. The monoisotopic (exact) mass is 679 g/mol. The van der Waals surface area contributed by atoms with Crippen LogP contribution in [0.2, 0.25) is 0 Å². The van der Waals surface area contributed by atoms with E-state index in [1.165, 1.54) is 24.3 Å². The quantitative estimate of drug-likeness (QED) is 0.109. The molecular formula is C35H29N5O6S2. The number of hydrogen-bond acceptors (Lipinski definition) is 10. The van der Waals surface area contributed by atoms with Crippen LogP contribution in [0.15, 0.2) is 129 Å². The fourth-order valence-corrected chi connectivity index (χ4v) is 6.40. The highest BCUT2D eigenvalue weighted by Gasteiger charge is 2.32. The van der Waals surface area contributed by atoms with Crippen molar-refractivity contribution in [2.75, 3.05) is 31.2 Å². The zero-order valence-corrected chi connectivity index (χ0v) is 27.1. The first-order valence-corrected chi connectivity index (χ1v) is 16.9. The second kappa shape index (κ2) is 13.5. The molecule has 0 spiro atoms. The molecule has 3 heterocycles. The van der Waals surface area contributed by atoms with E-state index in [4.69, 9.17) is 30.5 Å². The first kappa shape index (κ1) is 31.4. The van der Waals surface area contributed by atoms with Gasteiger partial charge < -0.3 is 13.3 Å². The summed E-state index contributed by atoms with van der Waals surface area (Å²) in [5.74, 6) is 0.686. The SMILES string of the molecule is O=C1/C(=C/c2ccc(OS(=O)(=O)c3ccccc3)cc2)N=C(c2ccccc2)N1c1ccc(-c2nn(CN3CCOCC3)c(=S)o2)cc1. The molecule has 0 radical (unpaired) electrons. The van der Waals surface area contributed by atoms with Gasteiger partial charge in [-0.1, -0.05) is 60.7 Å². The Bertz CT molecular complexity index is 2160. The number of anilines is 1. The molecule has 242 valence electrons. The Morgan fingerprint density at radius 3 is 2.19 bits per heavy atom. The fourth-order valence-electron chi connectivity index (χ4n) is 5.27. The van der Waals surface area contributed by atoms with Crippen LogP contribution in [-0.2, 0) is 26.3 Å². The molecule has 48 heavy (non-hydrogen) atoms. The zero-order chi connectivity index (χ0) is 33.1. The van der Waals surface area contributed by atoms with Gasteiger partial charge in [0, 0.05) is 24.2 Å². The predicted octanol–water partition coefficient (Wildman–Crippen LogP) is 5.76. The highest BCUT2D eigenvalue weighted by Crippen LogP contribution is 2.30. The Kier molecular flexibility index (Phi) is 8.82. The van der Waals surface area contributed by atoms with Crippen LogP contribution < -0.4 is 9.08 Å². The Hall–Kier alpha value is -5.21. The van der Waals surface area contributed by atoms with Gasteiger partial charge in [-0.2, -0.15) is 8.42 Å². The van der Waals surface area contributed by atoms with E-state index in [2.05, 4.69) is 10.00 Å². The Morgan fingerprint density at radius 2 is 1.50 bits per heavy atom. The second-order valence-corrected chi connectivity index (χ2v) is 12.9. The lowest BCUT2D eigenvalue weighted by Crippen LogP contribution is -2.37. The lowest BCUT2D eigenvalue weighted by molar-refractivity contribution is -0.113. The van der Waals surface area contributed by atoms with Crippen molar-refractivity contribution >= 4 is 45.8 Å². The molecule has 0 unspecified atom stereocenters. The van der Waals surface area contributed by atoms with Crippen molar-refractivity contribution in [1.29, 1.82) is 0 Å². The first-order valence-electron chi connectivity index (χ1n) is 15.1. The molecule has 0 bridgehead atoms. The standard InChI is InChI=1S/C35H29N5O6S2/c41-34-31(23-25-11-17-29(18-12-25)46-48(42,43)30-9-5-2-6-10-30)36-32(26-7-3-1-4-8-26)40(34)28-15-13-27(14-16-28)33-37-39(35(47)45-33)24-38-19-21-44-22-20-38/h1-18,23H,19-22,24H2/b31-23-. The minimum absolute atomic E-state index is 0.0571. The van der Waals surface area contributed by atoms with Gasteiger partial charge in [0.25, 0.3) is 10.7 Å². The van der Waals surface area contributed by atoms with Gasteiger partial charge in [-0.3, -0.25) is 14.6 Å². The van der Waals surface area contributed by atoms with Crippen LogP contribution in [0.1, 0.15) is 11.1 Å². The van der Waals surface area contributed by atoms with E-state index < -0.39 is 10.1 Å². The molecule has 1 amide bonds. The number of morpholine rings is 1. The van der Waals surface area contributed by atoms with E-state index in [1.54, 1.807) is 46.0 Å². The predicted molar refractivity (Wildman–Crippen MR) is 182 cm³/mol. The van der Waals surface area contributed by atoms with Gasteiger partial charge in [-0.05, 0) is 72.4 Å². The number of carbonyl (C=O) groups is 1. The number of carbonyl (C=O) groups excluding carboxylic acids is 1. The fraction of sp³-hybridized carbons (Fsp3) is 0.143. The molecule has 1 aromatic heterocycles. The van der Waals surface area contributed by atoms with Crippen molar-refractivity contribution in [2.45, 2.75) is 11.6 Å². The lowest BCUT2D eigenvalue weighted by Gasteiger charge is -2.25. The molecule has 0 N–H and O–H groups in total. The van der Waals surface area contributed by atoms with Crippen molar-refractivity contribution in [3.63, 3.8) is 0 Å². The third-order valence-corrected chi connectivity index (χ3v) is 9.29. The Morgan fingerprint density at radius 1 is 0.833 bits per heavy atom. The number of rotatable bonds is 9. The third-order valence-electron chi connectivity index (χ3n) is 7.73. The summed E-state index contributed by atoms with van der Waals surface area (Å²) in [6.07, 6.45) is 1.65. The first-order chi connectivity index (χ1) is 23.3. The van der Waals surface area contributed by atoms with Crippen LogP contribution in [0.4, 0.5) is 5.69 Å². The molecule has 1 saturated heterocycles. The molecule has 7 rings (SSSR count). The maximum absolute atomic E-state index is 13.9. The van der Waals surface area contributed by atoms with Crippen molar-refractivity contribution in [3.8, 4) is 17.2 Å². The normalized spacial score (nSPS) is 16.3. The van der Waals surface area contributed by atoms with E-state index >= 15 is 0 Å². The summed E-state index contributed by atoms with van der Waals surface area (Å²) >= 11 is 5.42. The van der Waals surface area contributed by atoms with E-state index in [0.717, 1.165) is 18.7 Å². The second-order valence-electron chi connectivity index (χ2n) is 11.0. The molecule has 2 aliphatic heterocycles. The van der Waals surface area contributed by atoms with Crippen LogP contribution in [0, 0.1) is 4.84 Å². The number of nitrogens with zero attached hydrogens (tertiary/aromatic N) is 5. The maximum Gasteiger partial charge on any atom is 0.339 e. The highest BCUT2D eigenvalue weighted by atomic mass is 32.2. The van der Waals surface area contributed by atoms with Gasteiger partial charge in [0.15, 0.2) is 0 Å². The minimum atomic E-state index is -3.98. The molecule has 5 aromatic rings. The largest absolute Gasteiger partial charge is 0.409 e. The van der Waals surface area contributed by atoms with Crippen LogP contribution in [0.5, 0.6) is 5.75 Å². The minimum Gasteiger partial charge on any atom is -0.409 e. The van der Waals surface area contributed by atoms with Crippen LogP contribution in [0.3, 0.4) is 0 Å². The summed E-state index contributed by atoms with van der Waals surface area (Å²) in [5, 5.41) is 4.59. The summed E-state index contributed by atoms with van der Waals surface area (Å²) in [4.78, 5) is 22.7.